The van der Waals surface area contributed by atoms with E-state index >= 15 is 0 Å². The van der Waals surface area contributed by atoms with Gasteiger partial charge >= 0.3 is 0 Å². The Kier molecular flexibility index (Phi) is 4.41. The number of aliphatic hydroxyl groups is 1. The van der Waals surface area contributed by atoms with E-state index in [1.54, 1.807) is 0 Å². The summed E-state index contributed by atoms with van der Waals surface area (Å²) in [6, 6.07) is 10.4. The molecule has 2 nitrogen and oxygen atoms in total. The predicted molar refractivity (Wildman–Crippen MR) is 73.7 cm³/mol. The molecule has 1 aromatic rings. The third kappa shape index (κ3) is 3.12. The number of ether oxygens (including phenoxy) is 1. The maximum Gasteiger partial charge on any atom is 0.0948 e. The van der Waals surface area contributed by atoms with Gasteiger partial charge in [0.05, 0.1) is 18.3 Å². The fraction of sp³-hybridized carbons (Fsp3) is 0.625. The van der Waals surface area contributed by atoms with Gasteiger partial charge < -0.3 is 9.84 Å². The molecule has 1 aromatic carbocycles. The summed E-state index contributed by atoms with van der Waals surface area (Å²) in [5.74, 6) is 0.214. The molecule has 100 valence electrons. The van der Waals surface area contributed by atoms with Crippen molar-refractivity contribution in [1.29, 1.82) is 0 Å². The second-order valence-electron chi connectivity index (χ2n) is 5.67. The summed E-state index contributed by atoms with van der Waals surface area (Å²) < 4.78 is 5.69. The average molecular weight is 248 g/mol. The van der Waals surface area contributed by atoms with Crippen LogP contribution < -0.4 is 0 Å². The van der Waals surface area contributed by atoms with Crippen molar-refractivity contribution in [1.82, 2.24) is 0 Å². The monoisotopic (exact) mass is 248 g/mol. The van der Waals surface area contributed by atoms with Gasteiger partial charge in [-0.3, -0.25) is 0 Å². The molecule has 0 bridgehead atoms. The normalized spacial score (nSPS) is 28.6. The lowest BCUT2D eigenvalue weighted by Crippen LogP contribution is -2.44. The van der Waals surface area contributed by atoms with Crippen molar-refractivity contribution in [2.24, 2.45) is 0 Å². The Balaban J connectivity index is 2.15. The zero-order chi connectivity index (χ0) is 13.0. The number of benzene rings is 1. The zero-order valence-electron chi connectivity index (χ0n) is 11.4. The third-order valence-electron chi connectivity index (χ3n) is 3.87. The lowest BCUT2D eigenvalue weighted by molar-refractivity contribution is -0.0963. The van der Waals surface area contributed by atoms with Crippen molar-refractivity contribution >= 4 is 0 Å². The molecule has 2 atom stereocenters. The molecule has 18 heavy (non-hydrogen) atoms. The van der Waals surface area contributed by atoms with E-state index in [0.717, 1.165) is 19.3 Å². The Labute approximate surface area is 110 Å². The van der Waals surface area contributed by atoms with Crippen molar-refractivity contribution in [2.45, 2.75) is 57.2 Å². The largest absolute Gasteiger partial charge is 0.387 e. The van der Waals surface area contributed by atoms with Crippen LogP contribution in [0.4, 0.5) is 0 Å². The van der Waals surface area contributed by atoms with Crippen molar-refractivity contribution in [3.8, 4) is 0 Å². The van der Waals surface area contributed by atoms with Crippen LogP contribution in [0.3, 0.4) is 0 Å². The first-order valence-corrected chi connectivity index (χ1v) is 7.01. The molecule has 0 aromatic heterocycles. The molecule has 0 heterocycles. The van der Waals surface area contributed by atoms with Crippen LogP contribution in [-0.4, -0.2) is 23.4 Å². The zero-order valence-corrected chi connectivity index (χ0v) is 11.4. The van der Waals surface area contributed by atoms with Gasteiger partial charge in [-0.2, -0.15) is 0 Å². The van der Waals surface area contributed by atoms with Crippen LogP contribution in [0, 0.1) is 0 Å². The standard InChI is InChI=1S/C16H24O2/c1-13(2)18-12-16(17)11-7-6-10-15(16)14-8-4-3-5-9-14/h3-5,8-9,13,15,17H,6-7,10-12H2,1-2H3. The van der Waals surface area contributed by atoms with E-state index in [-0.39, 0.29) is 12.0 Å². The Morgan fingerprint density at radius 1 is 1.28 bits per heavy atom. The van der Waals surface area contributed by atoms with Gasteiger partial charge in [0.15, 0.2) is 0 Å². The van der Waals surface area contributed by atoms with Crippen LogP contribution in [0.2, 0.25) is 0 Å². The van der Waals surface area contributed by atoms with Crippen molar-refractivity contribution < 1.29 is 9.84 Å². The Hall–Kier alpha value is -0.860. The number of hydrogen-bond acceptors (Lipinski definition) is 2. The highest BCUT2D eigenvalue weighted by atomic mass is 16.5. The summed E-state index contributed by atoms with van der Waals surface area (Å²) in [5, 5.41) is 10.9. The molecule has 0 amide bonds. The van der Waals surface area contributed by atoms with E-state index in [1.165, 1.54) is 12.0 Å². The van der Waals surface area contributed by atoms with Gasteiger partial charge in [0.2, 0.25) is 0 Å². The van der Waals surface area contributed by atoms with E-state index in [1.807, 2.05) is 32.0 Å². The molecule has 2 heteroatoms. The summed E-state index contributed by atoms with van der Waals surface area (Å²) in [6.07, 6.45) is 4.37. The molecule has 0 saturated heterocycles. The molecule has 2 unspecified atom stereocenters. The van der Waals surface area contributed by atoms with Crippen LogP contribution in [-0.2, 0) is 4.74 Å². The molecular formula is C16H24O2. The maximum atomic E-state index is 10.9. The molecule has 1 aliphatic rings. The van der Waals surface area contributed by atoms with Gasteiger partial charge in [0.25, 0.3) is 0 Å². The fourth-order valence-corrected chi connectivity index (χ4v) is 2.87. The highest BCUT2D eigenvalue weighted by Crippen LogP contribution is 2.41. The Bertz CT molecular complexity index is 361. The molecule has 1 fully saturated rings. The van der Waals surface area contributed by atoms with E-state index < -0.39 is 5.60 Å². The number of hydrogen-bond donors (Lipinski definition) is 1. The first-order chi connectivity index (χ1) is 8.62. The van der Waals surface area contributed by atoms with Gasteiger partial charge in [-0.1, -0.05) is 43.2 Å². The van der Waals surface area contributed by atoms with Gasteiger partial charge in [0, 0.05) is 5.92 Å². The second kappa shape index (κ2) is 5.85. The molecular weight excluding hydrogens is 224 g/mol. The minimum absolute atomic E-state index is 0.173. The van der Waals surface area contributed by atoms with Crippen molar-refractivity contribution in [3.63, 3.8) is 0 Å². The van der Waals surface area contributed by atoms with E-state index in [9.17, 15) is 5.11 Å². The summed E-state index contributed by atoms with van der Waals surface area (Å²) in [6.45, 7) is 4.48. The van der Waals surface area contributed by atoms with Gasteiger partial charge in [-0.25, -0.2) is 0 Å². The molecule has 0 spiro atoms. The van der Waals surface area contributed by atoms with Crippen molar-refractivity contribution in [2.75, 3.05) is 6.61 Å². The second-order valence-corrected chi connectivity index (χ2v) is 5.67. The van der Waals surface area contributed by atoms with Crippen LogP contribution in [0.1, 0.15) is 51.0 Å². The highest BCUT2D eigenvalue weighted by molar-refractivity contribution is 5.23. The first-order valence-electron chi connectivity index (χ1n) is 7.01. The SMILES string of the molecule is CC(C)OCC1(O)CCCCC1c1ccccc1. The molecule has 0 aliphatic heterocycles. The van der Waals surface area contributed by atoms with Gasteiger partial charge in [0.1, 0.15) is 0 Å². The molecule has 1 aliphatic carbocycles. The molecule has 2 rings (SSSR count). The summed E-state index contributed by atoms with van der Waals surface area (Å²) >= 11 is 0. The van der Waals surface area contributed by atoms with Crippen LogP contribution in [0.5, 0.6) is 0 Å². The lowest BCUT2D eigenvalue weighted by atomic mass is 9.72. The highest BCUT2D eigenvalue weighted by Gasteiger charge is 2.40. The summed E-state index contributed by atoms with van der Waals surface area (Å²) in [4.78, 5) is 0. The van der Waals surface area contributed by atoms with Crippen LogP contribution >= 0.6 is 0 Å². The van der Waals surface area contributed by atoms with E-state index in [0.29, 0.717) is 6.61 Å². The van der Waals surface area contributed by atoms with Gasteiger partial charge in [-0.15, -0.1) is 0 Å². The molecule has 1 saturated carbocycles. The number of rotatable bonds is 4. The lowest BCUT2D eigenvalue weighted by Gasteiger charge is -2.40. The van der Waals surface area contributed by atoms with E-state index in [4.69, 9.17) is 4.74 Å². The van der Waals surface area contributed by atoms with Gasteiger partial charge in [-0.05, 0) is 32.3 Å². The van der Waals surface area contributed by atoms with Crippen molar-refractivity contribution in [3.05, 3.63) is 35.9 Å². The first kappa shape index (κ1) is 13.6. The minimum Gasteiger partial charge on any atom is -0.387 e. The smallest absolute Gasteiger partial charge is 0.0948 e. The molecule has 1 N–H and O–H groups in total. The third-order valence-corrected chi connectivity index (χ3v) is 3.87. The van der Waals surface area contributed by atoms with Crippen LogP contribution in [0.25, 0.3) is 0 Å². The topological polar surface area (TPSA) is 29.5 Å². The maximum absolute atomic E-state index is 10.9. The van der Waals surface area contributed by atoms with E-state index in [2.05, 4.69) is 12.1 Å². The summed E-state index contributed by atoms with van der Waals surface area (Å²) in [5.41, 5.74) is 0.552. The fourth-order valence-electron chi connectivity index (χ4n) is 2.87. The predicted octanol–water partition coefficient (Wildman–Crippen LogP) is 3.50. The Morgan fingerprint density at radius 2 is 2.00 bits per heavy atom. The quantitative estimate of drug-likeness (QED) is 0.883. The minimum atomic E-state index is -0.691. The van der Waals surface area contributed by atoms with Crippen LogP contribution in [0.15, 0.2) is 30.3 Å². The summed E-state index contributed by atoms with van der Waals surface area (Å²) in [7, 11) is 0. The molecule has 0 radical (unpaired) electrons. The Morgan fingerprint density at radius 3 is 2.67 bits per heavy atom. The average Bonchev–Trinajstić information content (AvgIpc) is 2.38.